The minimum absolute atomic E-state index is 0.411. The summed E-state index contributed by atoms with van der Waals surface area (Å²) in [5, 5.41) is 6.17. The number of amides is 1. The van der Waals surface area contributed by atoms with Crippen LogP contribution < -0.4 is 10.6 Å². The maximum Gasteiger partial charge on any atom is 0.246 e. The molecule has 0 unspecified atom stereocenters. The summed E-state index contributed by atoms with van der Waals surface area (Å²) in [6, 6.07) is 6.49. The van der Waals surface area contributed by atoms with Gasteiger partial charge in [-0.2, -0.15) is 0 Å². The van der Waals surface area contributed by atoms with Gasteiger partial charge in [0.05, 0.1) is 20.9 Å². The smallest absolute Gasteiger partial charge is 0.246 e. The first kappa shape index (κ1) is 17.2. The molecule has 4 nitrogen and oxygen atoms in total. The van der Waals surface area contributed by atoms with Crippen molar-refractivity contribution in [3.05, 3.63) is 52.8 Å². The molecule has 0 radical (unpaired) electrons. The number of benzene rings is 2. The highest BCUT2D eigenvalue weighted by atomic mass is 32.1. The van der Waals surface area contributed by atoms with Crippen molar-refractivity contribution in [3.8, 4) is 0 Å². The molecule has 1 aromatic heterocycles. The van der Waals surface area contributed by atoms with Gasteiger partial charge in [0, 0.05) is 5.69 Å². The predicted molar refractivity (Wildman–Crippen MR) is 92.4 cm³/mol. The van der Waals surface area contributed by atoms with Crippen molar-refractivity contribution in [2.45, 2.75) is 19.9 Å². The first-order valence-corrected chi connectivity index (χ1v) is 8.25. The molecule has 0 aliphatic heterocycles. The fraction of sp³-hybridized carbons (Fsp3) is 0.176. The zero-order valence-corrected chi connectivity index (χ0v) is 14.2. The van der Waals surface area contributed by atoms with E-state index in [0.717, 1.165) is 27.4 Å². The fourth-order valence-corrected chi connectivity index (χ4v) is 3.17. The highest BCUT2D eigenvalue weighted by Crippen LogP contribution is 2.25. The monoisotopic (exact) mass is 365 g/mol. The number of hydrogen-bond acceptors (Lipinski definition) is 4. The van der Waals surface area contributed by atoms with E-state index in [1.54, 1.807) is 13.0 Å². The van der Waals surface area contributed by atoms with Gasteiger partial charge in [0.1, 0.15) is 6.04 Å². The lowest BCUT2D eigenvalue weighted by atomic mass is 10.2. The average Bonchev–Trinajstić information content (AvgIpc) is 2.94. The molecular formula is C17H14F3N3OS. The average molecular weight is 365 g/mol. The largest absolute Gasteiger partial charge is 0.374 e. The van der Waals surface area contributed by atoms with Crippen molar-refractivity contribution in [1.29, 1.82) is 0 Å². The Morgan fingerprint density at radius 2 is 1.92 bits per heavy atom. The highest BCUT2D eigenvalue weighted by molar-refractivity contribution is 7.18. The Hall–Kier alpha value is -2.61. The first-order chi connectivity index (χ1) is 11.8. The summed E-state index contributed by atoms with van der Waals surface area (Å²) in [4.78, 5) is 16.5. The number of aryl methyl sites for hydroxylation is 1. The molecule has 0 saturated heterocycles. The van der Waals surface area contributed by atoms with Crippen molar-refractivity contribution >= 4 is 38.8 Å². The minimum atomic E-state index is -1.62. The van der Waals surface area contributed by atoms with Gasteiger partial charge in [-0.3, -0.25) is 4.79 Å². The van der Waals surface area contributed by atoms with Crippen LogP contribution in [0.5, 0.6) is 0 Å². The van der Waals surface area contributed by atoms with Crippen molar-refractivity contribution < 1.29 is 18.0 Å². The Balaban J connectivity index is 1.72. The third kappa shape index (κ3) is 3.58. The van der Waals surface area contributed by atoms with Crippen molar-refractivity contribution in [3.63, 3.8) is 0 Å². The number of fused-ring (bicyclic) bond motifs is 1. The lowest BCUT2D eigenvalue weighted by Crippen LogP contribution is -2.32. The third-order valence-corrected chi connectivity index (χ3v) is 4.50. The number of hydrogen-bond donors (Lipinski definition) is 2. The molecule has 0 saturated carbocycles. The molecule has 2 N–H and O–H groups in total. The van der Waals surface area contributed by atoms with Crippen molar-refractivity contribution in [2.75, 3.05) is 10.6 Å². The molecule has 0 fully saturated rings. The molecule has 0 aliphatic carbocycles. The number of carbonyl (C=O) groups is 1. The van der Waals surface area contributed by atoms with E-state index < -0.39 is 35.1 Å². The van der Waals surface area contributed by atoms with Gasteiger partial charge >= 0.3 is 0 Å². The van der Waals surface area contributed by atoms with E-state index in [-0.39, 0.29) is 0 Å². The van der Waals surface area contributed by atoms with Crippen LogP contribution in [0.3, 0.4) is 0 Å². The summed E-state index contributed by atoms with van der Waals surface area (Å²) in [5.41, 5.74) is 1.16. The molecule has 3 rings (SSSR count). The van der Waals surface area contributed by atoms with Crippen LogP contribution in [0, 0.1) is 24.4 Å². The number of nitrogens with one attached hydrogen (secondary N) is 2. The molecule has 0 bridgehead atoms. The number of halogens is 3. The summed E-state index contributed by atoms with van der Waals surface area (Å²) < 4.78 is 40.8. The summed E-state index contributed by atoms with van der Waals surface area (Å²) in [5.74, 6) is -4.94. The van der Waals surface area contributed by atoms with Crippen LogP contribution in [0.1, 0.15) is 11.9 Å². The van der Waals surface area contributed by atoms with Crippen LogP contribution in [0.15, 0.2) is 30.3 Å². The normalized spacial score (nSPS) is 12.2. The van der Waals surface area contributed by atoms with Gasteiger partial charge in [-0.1, -0.05) is 0 Å². The van der Waals surface area contributed by atoms with Crippen LogP contribution in [0.4, 0.5) is 24.5 Å². The number of thiazole rings is 1. The third-order valence-electron chi connectivity index (χ3n) is 3.56. The van der Waals surface area contributed by atoms with E-state index in [9.17, 15) is 18.0 Å². The lowest BCUT2D eigenvalue weighted by molar-refractivity contribution is -0.116. The Morgan fingerprint density at radius 1 is 1.16 bits per heavy atom. The molecule has 1 atom stereocenters. The molecule has 2 aromatic carbocycles. The first-order valence-electron chi connectivity index (χ1n) is 7.43. The number of rotatable bonds is 4. The number of nitrogens with zero attached hydrogens (tertiary/aromatic N) is 1. The molecule has 1 amide bonds. The second-order valence-corrected chi connectivity index (χ2v) is 6.73. The maximum absolute atomic E-state index is 13.6. The zero-order valence-electron chi connectivity index (χ0n) is 13.4. The Labute approximate surface area is 145 Å². The molecule has 0 aliphatic rings. The van der Waals surface area contributed by atoms with E-state index in [1.165, 1.54) is 11.3 Å². The predicted octanol–water partition coefficient (Wildman–Crippen LogP) is 4.46. The lowest BCUT2D eigenvalue weighted by Gasteiger charge is -2.16. The second kappa shape index (κ2) is 6.72. The summed E-state index contributed by atoms with van der Waals surface area (Å²) >= 11 is 1.53. The molecule has 0 spiro atoms. The minimum Gasteiger partial charge on any atom is -0.374 e. The van der Waals surface area contributed by atoms with Crippen LogP contribution in [-0.2, 0) is 4.79 Å². The van der Waals surface area contributed by atoms with E-state index in [0.29, 0.717) is 5.69 Å². The van der Waals surface area contributed by atoms with Crippen LogP contribution in [0.25, 0.3) is 10.2 Å². The highest BCUT2D eigenvalue weighted by Gasteiger charge is 2.18. The van der Waals surface area contributed by atoms with Gasteiger partial charge in [-0.05, 0) is 44.2 Å². The van der Waals surface area contributed by atoms with Gasteiger partial charge in [-0.15, -0.1) is 11.3 Å². The number of anilines is 2. The van der Waals surface area contributed by atoms with Gasteiger partial charge in [0.15, 0.2) is 17.5 Å². The maximum atomic E-state index is 13.6. The SMILES string of the molecule is Cc1nc2ccc(N[C@@H](C)C(=O)Nc3ccc(F)c(F)c3F)cc2s1. The van der Waals surface area contributed by atoms with Gasteiger partial charge < -0.3 is 10.6 Å². The number of aromatic nitrogens is 1. The van der Waals surface area contributed by atoms with Crippen molar-refractivity contribution in [2.24, 2.45) is 0 Å². The van der Waals surface area contributed by atoms with Gasteiger partial charge in [0.25, 0.3) is 0 Å². The van der Waals surface area contributed by atoms with E-state index in [1.807, 2.05) is 19.1 Å². The number of carbonyl (C=O) groups excluding carboxylic acids is 1. The summed E-state index contributed by atoms with van der Waals surface area (Å²) in [6.07, 6.45) is 0. The molecular weight excluding hydrogens is 351 g/mol. The molecule has 25 heavy (non-hydrogen) atoms. The van der Waals surface area contributed by atoms with Crippen LogP contribution in [0.2, 0.25) is 0 Å². The van der Waals surface area contributed by atoms with Crippen LogP contribution in [-0.4, -0.2) is 16.9 Å². The molecule has 8 heteroatoms. The van der Waals surface area contributed by atoms with Gasteiger partial charge in [0.2, 0.25) is 5.91 Å². The fourth-order valence-electron chi connectivity index (χ4n) is 2.31. The standard InChI is InChI=1S/C17H14F3N3OS/c1-8(17(24)23-13-6-4-11(18)15(19)16(13)20)21-10-3-5-12-14(7-10)25-9(2)22-12/h3-8,21H,1-2H3,(H,23,24)/t8-/m0/s1. The molecule has 130 valence electrons. The van der Waals surface area contributed by atoms with Crippen LogP contribution >= 0.6 is 11.3 Å². The Kier molecular flexibility index (Phi) is 4.63. The molecule has 3 aromatic rings. The molecule has 1 heterocycles. The topological polar surface area (TPSA) is 54.0 Å². The van der Waals surface area contributed by atoms with E-state index in [4.69, 9.17) is 0 Å². The van der Waals surface area contributed by atoms with Crippen molar-refractivity contribution in [1.82, 2.24) is 4.98 Å². The second-order valence-electron chi connectivity index (χ2n) is 5.49. The van der Waals surface area contributed by atoms with E-state index >= 15 is 0 Å². The zero-order chi connectivity index (χ0) is 18.1. The van der Waals surface area contributed by atoms with Gasteiger partial charge in [-0.25, -0.2) is 18.2 Å². The summed E-state index contributed by atoms with van der Waals surface area (Å²) in [6.45, 7) is 3.49. The quantitative estimate of drug-likeness (QED) is 0.671. The Bertz CT molecular complexity index is 958. The summed E-state index contributed by atoms with van der Waals surface area (Å²) in [7, 11) is 0. The van der Waals surface area contributed by atoms with E-state index in [2.05, 4.69) is 15.6 Å². The Morgan fingerprint density at radius 3 is 2.68 bits per heavy atom.